The molecule has 0 amide bonds. The maximum absolute atomic E-state index is 13.2. The fourth-order valence-electron chi connectivity index (χ4n) is 4.83. The molecule has 0 aromatic carbocycles. The van der Waals surface area contributed by atoms with Gasteiger partial charge < -0.3 is 15.2 Å². The summed E-state index contributed by atoms with van der Waals surface area (Å²) in [5.41, 5.74) is 7.75. The predicted octanol–water partition coefficient (Wildman–Crippen LogP) is 3.44. The molecule has 3 atom stereocenters. The number of fused-ring (bicyclic) bond motifs is 1. The van der Waals surface area contributed by atoms with E-state index >= 15 is 0 Å². The first-order valence-electron chi connectivity index (χ1n) is 10.6. The minimum absolute atomic E-state index is 0.0186. The van der Waals surface area contributed by atoms with Gasteiger partial charge in [-0.25, -0.2) is 13.8 Å². The van der Waals surface area contributed by atoms with Crippen LogP contribution in [0.2, 0.25) is 0 Å². The summed E-state index contributed by atoms with van der Waals surface area (Å²) in [5, 5.41) is 4.25. The number of hydrogen-bond acceptors (Lipinski definition) is 6. The van der Waals surface area contributed by atoms with Gasteiger partial charge in [-0.1, -0.05) is 11.6 Å². The number of hydrogen-bond donors (Lipinski definition) is 1. The van der Waals surface area contributed by atoms with Gasteiger partial charge in [0.25, 0.3) is 6.43 Å². The molecule has 1 saturated heterocycles. The van der Waals surface area contributed by atoms with Gasteiger partial charge in [-0.3, -0.25) is 9.58 Å². The quantitative estimate of drug-likeness (QED) is 0.514. The van der Waals surface area contributed by atoms with E-state index in [0.29, 0.717) is 24.9 Å². The molecule has 3 heterocycles. The number of pyridine rings is 1. The van der Waals surface area contributed by atoms with Crippen molar-refractivity contribution >= 4 is 5.82 Å². The second-order valence-electron chi connectivity index (χ2n) is 8.39. The zero-order valence-corrected chi connectivity index (χ0v) is 17.4. The summed E-state index contributed by atoms with van der Waals surface area (Å²) in [5.74, 6) is -0.855. The first kappa shape index (κ1) is 22.1. The Morgan fingerprint density at radius 3 is 2.61 bits per heavy atom. The van der Waals surface area contributed by atoms with Crippen molar-refractivity contribution < 1.29 is 31.4 Å². The highest BCUT2D eigenvalue weighted by molar-refractivity contribution is 5.65. The van der Waals surface area contributed by atoms with Gasteiger partial charge in [0.15, 0.2) is 11.6 Å². The fraction of sp³-hybridized carbons (Fsp3) is 0.524. The van der Waals surface area contributed by atoms with Gasteiger partial charge in [0.1, 0.15) is 6.54 Å². The molecule has 12 heteroatoms. The molecule has 3 aliphatic rings. The lowest BCUT2D eigenvalue weighted by atomic mass is 10.1. The van der Waals surface area contributed by atoms with E-state index in [1.165, 1.54) is 16.5 Å². The number of allylic oxidation sites excluding steroid dienone is 1. The third kappa shape index (κ3) is 4.54. The Morgan fingerprint density at radius 1 is 1.21 bits per heavy atom. The van der Waals surface area contributed by atoms with Crippen molar-refractivity contribution in [1.29, 1.82) is 0 Å². The van der Waals surface area contributed by atoms with Gasteiger partial charge >= 0.3 is 6.36 Å². The Morgan fingerprint density at radius 2 is 1.97 bits per heavy atom. The van der Waals surface area contributed by atoms with E-state index in [9.17, 15) is 22.0 Å². The lowest BCUT2D eigenvalue weighted by molar-refractivity contribution is -0.274. The monoisotopic (exact) mass is 471 g/mol. The molecule has 2 aromatic heterocycles. The van der Waals surface area contributed by atoms with E-state index in [2.05, 4.69) is 25.8 Å². The molecule has 1 aliphatic heterocycles. The van der Waals surface area contributed by atoms with E-state index in [-0.39, 0.29) is 23.1 Å². The van der Waals surface area contributed by atoms with Crippen LogP contribution in [0.15, 0.2) is 30.0 Å². The van der Waals surface area contributed by atoms with Gasteiger partial charge in [0.05, 0.1) is 18.9 Å². The third-order valence-corrected chi connectivity index (χ3v) is 6.32. The van der Waals surface area contributed by atoms with Gasteiger partial charge in [-0.05, 0) is 24.5 Å². The second-order valence-corrected chi connectivity index (χ2v) is 8.39. The molecule has 7 nitrogen and oxygen atoms in total. The Labute approximate surface area is 186 Å². The van der Waals surface area contributed by atoms with Crippen molar-refractivity contribution in [3.63, 3.8) is 0 Å². The average Bonchev–Trinajstić information content (AvgIpc) is 3.09. The SMILES string of the molecule is Nc1ncc(-c2cc(C3C4=CC(N5CCOCC5)CC43)n(CC(F)F)n2)cc1OC(F)(F)F. The zero-order valence-electron chi connectivity index (χ0n) is 17.4. The summed E-state index contributed by atoms with van der Waals surface area (Å²) >= 11 is 0. The Hall–Kier alpha value is -2.73. The van der Waals surface area contributed by atoms with Crippen LogP contribution < -0.4 is 10.5 Å². The molecule has 2 aliphatic carbocycles. The van der Waals surface area contributed by atoms with E-state index in [1.807, 2.05) is 0 Å². The van der Waals surface area contributed by atoms with Crippen LogP contribution >= 0.6 is 0 Å². The topological polar surface area (TPSA) is 78.4 Å². The number of nitrogens with zero attached hydrogens (tertiary/aromatic N) is 4. The number of anilines is 1. The molecule has 178 valence electrons. The molecule has 5 rings (SSSR count). The van der Waals surface area contributed by atoms with Crippen molar-refractivity contribution in [2.24, 2.45) is 5.92 Å². The Bertz CT molecular complexity index is 1060. The van der Waals surface area contributed by atoms with Crippen LogP contribution in [0.1, 0.15) is 18.0 Å². The lowest BCUT2D eigenvalue weighted by Crippen LogP contribution is -2.42. The van der Waals surface area contributed by atoms with Crippen molar-refractivity contribution in [2.45, 2.75) is 37.7 Å². The minimum Gasteiger partial charge on any atom is -0.402 e. The van der Waals surface area contributed by atoms with E-state index in [4.69, 9.17) is 10.5 Å². The van der Waals surface area contributed by atoms with Gasteiger partial charge in [-0.15, -0.1) is 13.2 Å². The van der Waals surface area contributed by atoms with Gasteiger partial charge in [0.2, 0.25) is 0 Å². The summed E-state index contributed by atoms with van der Waals surface area (Å²) < 4.78 is 75.0. The molecule has 2 N–H and O–H groups in total. The number of ether oxygens (including phenoxy) is 2. The van der Waals surface area contributed by atoms with E-state index in [1.54, 1.807) is 6.07 Å². The molecular formula is C21H22F5N5O2. The molecule has 2 fully saturated rings. The van der Waals surface area contributed by atoms with Gasteiger partial charge in [-0.2, -0.15) is 5.10 Å². The van der Waals surface area contributed by atoms with E-state index in [0.717, 1.165) is 25.6 Å². The number of aromatic nitrogens is 3. The highest BCUT2D eigenvalue weighted by Gasteiger charge is 2.52. The number of rotatable bonds is 6. The number of alkyl halides is 5. The first-order valence-corrected chi connectivity index (χ1v) is 10.6. The first-order chi connectivity index (χ1) is 15.7. The largest absolute Gasteiger partial charge is 0.573 e. The van der Waals surface area contributed by atoms with Crippen molar-refractivity contribution in [2.75, 3.05) is 32.0 Å². The van der Waals surface area contributed by atoms with Crippen LogP contribution in [0.3, 0.4) is 0 Å². The van der Waals surface area contributed by atoms with Crippen molar-refractivity contribution in [3.8, 4) is 17.0 Å². The Balaban J connectivity index is 1.41. The number of halogens is 5. The van der Waals surface area contributed by atoms with Gasteiger partial charge in [0, 0.05) is 42.5 Å². The second kappa shape index (κ2) is 8.24. The molecule has 0 spiro atoms. The highest BCUT2D eigenvalue weighted by atomic mass is 19.4. The molecule has 1 saturated carbocycles. The zero-order chi connectivity index (χ0) is 23.3. The van der Waals surface area contributed by atoms with E-state index < -0.39 is 30.9 Å². The minimum atomic E-state index is -4.94. The predicted molar refractivity (Wildman–Crippen MR) is 108 cm³/mol. The maximum atomic E-state index is 13.2. The Kier molecular flexibility index (Phi) is 5.52. The highest BCUT2D eigenvalue weighted by Crippen LogP contribution is 2.60. The van der Waals surface area contributed by atoms with Crippen LogP contribution in [-0.4, -0.2) is 64.8 Å². The number of morpholine rings is 1. The standard InChI is InChI=1S/C21H22F5N5O2/c22-18(23)10-31-16(19-13-6-12(7-14(13)19)30-1-3-32-4-2-30)8-15(29-31)11-5-17(20(27)28-9-11)33-21(24,25)26/h5-6,8-9,12,14,18-19H,1-4,7,10H2,(H2,27,28). The molecule has 0 bridgehead atoms. The van der Waals surface area contributed by atoms with Crippen LogP contribution in [0.25, 0.3) is 11.3 Å². The molecule has 0 radical (unpaired) electrons. The number of nitrogen functional groups attached to an aromatic ring is 1. The van der Waals surface area contributed by atoms with Crippen molar-refractivity contribution in [1.82, 2.24) is 19.7 Å². The lowest BCUT2D eigenvalue weighted by Gasteiger charge is -2.32. The molecule has 2 aromatic rings. The smallest absolute Gasteiger partial charge is 0.402 e. The van der Waals surface area contributed by atoms with Crippen LogP contribution in [0, 0.1) is 5.92 Å². The van der Waals surface area contributed by atoms with Crippen molar-refractivity contribution in [3.05, 3.63) is 35.7 Å². The summed E-state index contributed by atoms with van der Waals surface area (Å²) in [6, 6.07) is 3.02. The molecular weight excluding hydrogens is 449 g/mol. The number of nitrogens with two attached hydrogens (primary N) is 1. The average molecular weight is 471 g/mol. The fourth-order valence-corrected chi connectivity index (χ4v) is 4.83. The maximum Gasteiger partial charge on any atom is 0.573 e. The molecule has 33 heavy (non-hydrogen) atoms. The normalized spacial score (nSPS) is 25.3. The summed E-state index contributed by atoms with van der Waals surface area (Å²) in [4.78, 5) is 6.11. The summed E-state index contributed by atoms with van der Waals surface area (Å²) in [6.45, 7) is 2.53. The van der Waals surface area contributed by atoms with Crippen LogP contribution in [-0.2, 0) is 11.3 Å². The summed E-state index contributed by atoms with van der Waals surface area (Å²) in [7, 11) is 0. The van der Waals surface area contributed by atoms with Crippen LogP contribution in [0.4, 0.5) is 27.8 Å². The summed E-state index contributed by atoms with van der Waals surface area (Å²) in [6.07, 6.45) is -3.20. The molecule has 3 unspecified atom stereocenters. The third-order valence-electron chi connectivity index (χ3n) is 6.32. The van der Waals surface area contributed by atoms with Crippen LogP contribution in [0.5, 0.6) is 5.75 Å².